The number of amides is 4. The number of hydrogen-bond donors (Lipinski definition) is 3. The average molecular weight is 834 g/mol. The molecule has 4 saturated carbocycles. The van der Waals surface area contributed by atoms with Crippen LogP contribution in [0.5, 0.6) is 17.4 Å². The van der Waals surface area contributed by atoms with E-state index in [9.17, 15) is 22.8 Å². The fraction of sp³-hybridized carbons (Fsp3) is 0.605. The predicted molar refractivity (Wildman–Crippen MR) is 218 cm³/mol. The normalized spacial score (nSPS) is 30.5. The van der Waals surface area contributed by atoms with Gasteiger partial charge < -0.3 is 34.5 Å². The highest BCUT2D eigenvalue weighted by atomic mass is 32.2. The molecule has 1 saturated heterocycles. The van der Waals surface area contributed by atoms with Crippen molar-refractivity contribution in [2.45, 2.75) is 125 Å². The van der Waals surface area contributed by atoms with Crippen molar-refractivity contribution in [3.63, 3.8) is 0 Å². The van der Waals surface area contributed by atoms with Crippen LogP contribution in [-0.2, 0) is 29.1 Å². The lowest BCUT2D eigenvalue weighted by molar-refractivity contribution is -0.142. The molecule has 4 aliphatic carbocycles. The third-order valence-electron chi connectivity index (χ3n) is 13.0. The number of hydrogen-bond acceptors (Lipinski definition) is 11. The Balaban J connectivity index is 1.18. The Hall–Kier alpha value is -4.86. The number of carbonyl (C=O) groups excluding carboxylic acids is 4. The van der Waals surface area contributed by atoms with Crippen LogP contribution >= 0.6 is 0 Å². The van der Waals surface area contributed by atoms with Gasteiger partial charge in [0.25, 0.3) is 5.91 Å². The molecule has 1 aromatic heterocycles. The van der Waals surface area contributed by atoms with Crippen LogP contribution in [-0.4, -0.2) is 97.5 Å². The van der Waals surface area contributed by atoms with E-state index < -0.39 is 68.7 Å². The molecule has 0 unspecified atom stereocenters. The highest BCUT2D eigenvalue weighted by Crippen LogP contribution is 2.46. The maximum absolute atomic E-state index is 15.0. The van der Waals surface area contributed by atoms with Crippen molar-refractivity contribution in [3.8, 4) is 17.4 Å². The molecule has 2 aliphatic heterocycles. The van der Waals surface area contributed by atoms with Crippen molar-refractivity contribution >= 4 is 50.8 Å². The molecule has 0 spiro atoms. The van der Waals surface area contributed by atoms with Crippen LogP contribution in [0, 0.1) is 17.8 Å². The van der Waals surface area contributed by atoms with Gasteiger partial charge in [-0.2, -0.15) is 0 Å². The second-order valence-corrected chi connectivity index (χ2v) is 18.9. The van der Waals surface area contributed by atoms with E-state index in [0.29, 0.717) is 73.4 Å². The Kier molecular flexibility index (Phi) is 11.5. The molecule has 0 radical (unpaired) electrons. The van der Waals surface area contributed by atoms with Gasteiger partial charge in [-0.15, -0.1) is 6.58 Å². The number of ether oxygens (including phenoxy) is 4. The molecule has 4 amide bonds. The number of fused-ring (bicyclic) bond motifs is 4. The number of carbonyl (C=O) groups is 4. The Morgan fingerprint density at radius 3 is 2.54 bits per heavy atom. The van der Waals surface area contributed by atoms with Gasteiger partial charge in [0, 0.05) is 35.4 Å². The molecule has 4 bridgehead atoms. The van der Waals surface area contributed by atoms with Crippen LogP contribution in [0.2, 0.25) is 0 Å². The molecule has 3 heterocycles. The van der Waals surface area contributed by atoms with Crippen molar-refractivity contribution in [3.05, 3.63) is 42.5 Å². The molecular formula is C43H55N5O10S. The number of sulfonamides is 1. The first kappa shape index (κ1) is 40.9. The highest BCUT2D eigenvalue weighted by molar-refractivity contribution is 7.91. The lowest BCUT2D eigenvalue weighted by atomic mass is 9.83. The predicted octanol–water partition coefficient (Wildman–Crippen LogP) is 4.92. The second kappa shape index (κ2) is 16.7. The molecule has 3 N–H and O–H groups in total. The maximum Gasteiger partial charge on any atom is 0.408 e. The van der Waals surface area contributed by atoms with Gasteiger partial charge in [0.05, 0.1) is 31.0 Å². The summed E-state index contributed by atoms with van der Waals surface area (Å²) in [5.74, 6) is -1.18. The van der Waals surface area contributed by atoms with E-state index in [2.05, 4.69) is 28.0 Å². The molecular weight excluding hydrogens is 779 g/mol. The van der Waals surface area contributed by atoms with Crippen LogP contribution in [0.3, 0.4) is 0 Å². The standard InChI is InChI=1S/C43H55N5O10S/c1-4-28-23-43(28,41(51)47-59(53,54)30-17-18-30)46-39(49)33-20-29-24-48(33)40(50)38(26-11-7-6-8-12-26)45-42(52)58-34-16-10-14-25(34)13-9-15-27-19-31-32(21-35(27)55-3)44-37(56-5-2)22-36(31)57-29/h4,9,15,19,21-22,25-26,28-30,33-34,38H,1,5-8,10-14,16-18,20,23-24H2,2-3H3,(H,45,52)(H,46,49)(H,47,51)/b15-9+/t25-,28-,29-,33+,34-,38+,43-/m1/s1. The molecule has 1 aromatic carbocycles. The Labute approximate surface area is 345 Å². The van der Waals surface area contributed by atoms with Crippen LogP contribution in [0.25, 0.3) is 17.0 Å². The highest BCUT2D eigenvalue weighted by Gasteiger charge is 2.62. The maximum atomic E-state index is 15.0. The zero-order chi connectivity index (χ0) is 41.5. The minimum absolute atomic E-state index is 0.0155. The Morgan fingerprint density at radius 1 is 1.05 bits per heavy atom. The fourth-order valence-corrected chi connectivity index (χ4v) is 10.9. The number of pyridine rings is 1. The van der Waals surface area contributed by atoms with Crippen LogP contribution in [0.15, 0.2) is 36.9 Å². The third-order valence-corrected chi connectivity index (χ3v) is 14.8. The SMILES string of the molecule is C=C[C@@H]1C[C@]1(NC(=O)[C@@H]1C[C@@H]2CN1C(=O)[C@H](C1CCCCC1)NC(=O)O[C@@H]1CCC[C@H]1C/C=C/c1cc3c(cc(OCC)nc3cc1OC)O2)C(=O)NS(=O)(=O)C1CC1. The fourth-order valence-electron chi connectivity index (χ4n) is 9.54. The molecule has 15 nitrogen and oxygen atoms in total. The van der Waals surface area contributed by atoms with Gasteiger partial charge in [-0.1, -0.05) is 37.5 Å². The van der Waals surface area contributed by atoms with Crippen molar-refractivity contribution < 1.29 is 46.5 Å². The lowest BCUT2D eigenvalue weighted by Gasteiger charge is -2.35. The molecule has 8 rings (SSSR count). The molecule has 2 aromatic rings. The molecule has 6 aliphatic rings. The first-order valence-corrected chi connectivity index (χ1v) is 22.7. The lowest BCUT2D eigenvalue weighted by Crippen LogP contribution is -2.59. The molecule has 16 heteroatoms. The number of nitrogens with zero attached hydrogens (tertiary/aromatic N) is 2. The quantitative estimate of drug-likeness (QED) is 0.276. The first-order chi connectivity index (χ1) is 28.4. The van der Waals surface area contributed by atoms with Gasteiger partial charge >= 0.3 is 6.09 Å². The second-order valence-electron chi connectivity index (χ2n) is 17.0. The van der Waals surface area contributed by atoms with Gasteiger partial charge in [-0.3, -0.25) is 19.1 Å². The third kappa shape index (κ3) is 8.46. The van der Waals surface area contributed by atoms with Gasteiger partial charge in [-0.25, -0.2) is 18.2 Å². The topological polar surface area (TPSA) is 192 Å². The van der Waals surface area contributed by atoms with E-state index in [4.69, 9.17) is 23.9 Å². The van der Waals surface area contributed by atoms with Crippen molar-refractivity contribution in [1.29, 1.82) is 0 Å². The zero-order valence-electron chi connectivity index (χ0n) is 33.8. The first-order valence-electron chi connectivity index (χ1n) is 21.2. The van der Waals surface area contributed by atoms with Crippen LogP contribution in [0.4, 0.5) is 4.79 Å². The van der Waals surface area contributed by atoms with Crippen molar-refractivity contribution in [2.24, 2.45) is 17.8 Å². The van der Waals surface area contributed by atoms with Gasteiger partial charge in [0.15, 0.2) is 0 Å². The zero-order valence-corrected chi connectivity index (χ0v) is 34.6. The number of methoxy groups -OCH3 is 1. The Morgan fingerprint density at radius 2 is 1.83 bits per heavy atom. The number of alkyl carbamates (subject to hydrolysis) is 1. The Bertz CT molecular complexity index is 2140. The summed E-state index contributed by atoms with van der Waals surface area (Å²) in [5.41, 5.74) is -0.202. The van der Waals surface area contributed by atoms with E-state index >= 15 is 4.79 Å². The largest absolute Gasteiger partial charge is 0.496 e. The molecule has 59 heavy (non-hydrogen) atoms. The van der Waals surface area contributed by atoms with Crippen LogP contribution in [0.1, 0.15) is 96.0 Å². The van der Waals surface area contributed by atoms with E-state index in [1.54, 1.807) is 13.2 Å². The average Bonchev–Trinajstić information content (AvgIpc) is 4.12. The number of nitrogens with one attached hydrogen (secondary N) is 3. The summed E-state index contributed by atoms with van der Waals surface area (Å²) < 4.78 is 52.3. The van der Waals surface area contributed by atoms with E-state index in [1.165, 1.54) is 11.0 Å². The van der Waals surface area contributed by atoms with E-state index in [0.717, 1.165) is 37.7 Å². The number of aromatic nitrogens is 1. The molecule has 7 atom stereocenters. The molecule has 5 fully saturated rings. The van der Waals surface area contributed by atoms with E-state index in [-0.39, 0.29) is 37.3 Å². The van der Waals surface area contributed by atoms with E-state index in [1.807, 2.05) is 25.1 Å². The van der Waals surface area contributed by atoms with Crippen molar-refractivity contribution in [2.75, 3.05) is 20.3 Å². The van der Waals surface area contributed by atoms with Gasteiger partial charge in [-0.05, 0) is 82.6 Å². The minimum Gasteiger partial charge on any atom is -0.496 e. The summed E-state index contributed by atoms with van der Waals surface area (Å²) in [7, 11) is -2.32. The minimum atomic E-state index is -3.91. The summed E-state index contributed by atoms with van der Waals surface area (Å²) in [6, 6.07) is 3.35. The van der Waals surface area contributed by atoms with Crippen LogP contribution < -0.4 is 29.6 Å². The monoisotopic (exact) mass is 833 g/mol. The summed E-state index contributed by atoms with van der Waals surface area (Å²) >= 11 is 0. The summed E-state index contributed by atoms with van der Waals surface area (Å²) in [6.07, 6.45) is 12.4. The molecule has 318 valence electrons. The number of allylic oxidation sites excluding steroid dienone is 1. The summed E-state index contributed by atoms with van der Waals surface area (Å²) in [5, 5.41) is 5.86. The summed E-state index contributed by atoms with van der Waals surface area (Å²) in [4.78, 5) is 63.3. The number of benzene rings is 1. The smallest absolute Gasteiger partial charge is 0.408 e. The van der Waals surface area contributed by atoms with Gasteiger partial charge in [0.1, 0.15) is 41.3 Å². The number of rotatable bonds is 10. The van der Waals surface area contributed by atoms with Gasteiger partial charge in [0.2, 0.25) is 27.7 Å². The summed E-state index contributed by atoms with van der Waals surface area (Å²) in [6.45, 7) is 6.01. The van der Waals surface area contributed by atoms with Crippen molar-refractivity contribution in [1.82, 2.24) is 25.2 Å².